The van der Waals surface area contributed by atoms with Crippen LogP contribution in [-0.2, 0) is 6.54 Å². The number of hydrogen-bond acceptors (Lipinski definition) is 5. The first-order valence-corrected chi connectivity index (χ1v) is 7.32. The first-order valence-electron chi connectivity index (χ1n) is 7.32. The molecule has 5 nitrogen and oxygen atoms in total. The number of anilines is 1. The van der Waals surface area contributed by atoms with Gasteiger partial charge in [-0.05, 0) is 6.07 Å². The van der Waals surface area contributed by atoms with Crippen molar-refractivity contribution in [1.82, 2.24) is 14.9 Å². The van der Waals surface area contributed by atoms with Gasteiger partial charge >= 0.3 is 0 Å². The zero-order valence-electron chi connectivity index (χ0n) is 12.6. The number of ether oxygens (including phenoxy) is 1. The van der Waals surface area contributed by atoms with Crippen molar-refractivity contribution in [2.75, 3.05) is 38.2 Å². The Balaban J connectivity index is 1.58. The van der Waals surface area contributed by atoms with E-state index < -0.39 is 0 Å². The minimum absolute atomic E-state index is 0.212. The average Bonchev–Trinajstić information content (AvgIpc) is 2.58. The number of piperazine rings is 1. The molecule has 1 saturated heterocycles. The highest BCUT2D eigenvalue weighted by Crippen LogP contribution is 2.19. The quantitative estimate of drug-likeness (QED) is 0.863. The molecular formula is C16H19FN4O. The van der Waals surface area contributed by atoms with Gasteiger partial charge in [0.05, 0.1) is 13.3 Å². The van der Waals surface area contributed by atoms with Crippen molar-refractivity contribution in [1.29, 1.82) is 0 Å². The molecule has 0 unspecified atom stereocenters. The summed E-state index contributed by atoms with van der Waals surface area (Å²) in [7, 11) is 1.54. The summed E-state index contributed by atoms with van der Waals surface area (Å²) >= 11 is 0. The van der Waals surface area contributed by atoms with Crippen molar-refractivity contribution < 1.29 is 9.13 Å². The Kier molecular flexibility index (Phi) is 4.48. The van der Waals surface area contributed by atoms with Gasteiger partial charge in [0.25, 0.3) is 0 Å². The summed E-state index contributed by atoms with van der Waals surface area (Å²) in [5.41, 5.74) is 0.703. The van der Waals surface area contributed by atoms with Gasteiger partial charge in [0.15, 0.2) is 0 Å². The normalized spacial score (nSPS) is 15.8. The second kappa shape index (κ2) is 6.70. The van der Waals surface area contributed by atoms with E-state index in [0.29, 0.717) is 17.9 Å². The van der Waals surface area contributed by atoms with Crippen LogP contribution in [0.15, 0.2) is 36.8 Å². The van der Waals surface area contributed by atoms with E-state index in [2.05, 4.69) is 19.8 Å². The zero-order valence-corrected chi connectivity index (χ0v) is 12.6. The Morgan fingerprint density at radius 3 is 2.64 bits per heavy atom. The number of aromatic nitrogens is 2. The van der Waals surface area contributed by atoms with Crippen molar-refractivity contribution >= 4 is 5.82 Å². The van der Waals surface area contributed by atoms with Gasteiger partial charge in [-0.2, -0.15) is 0 Å². The molecule has 0 radical (unpaired) electrons. The number of methoxy groups -OCH3 is 1. The third-order valence-electron chi connectivity index (χ3n) is 3.90. The van der Waals surface area contributed by atoms with Crippen molar-refractivity contribution in [2.24, 2.45) is 0 Å². The Labute approximate surface area is 129 Å². The lowest BCUT2D eigenvalue weighted by Gasteiger charge is -2.35. The fourth-order valence-electron chi connectivity index (χ4n) is 2.61. The van der Waals surface area contributed by atoms with Crippen LogP contribution in [0.1, 0.15) is 5.56 Å². The Morgan fingerprint density at radius 1 is 1.18 bits per heavy atom. The molecule has 2 heterocycles. The van der Waals surface area contributed by atoms with E-state index in [-0.39, 0.29) is 5.82 Å². The maximum absolute atomic E-state index is 14.0. The van der Waals surface area contributed by atoms with E-state index in [9.17, 15) is 4.39 Å². The van der Waals surface area contributed by atoms with Gasteiger partial charge in [-0.15, -0.1) is 0 Å². The minimum Gasteiger partial charge on any atom is -0.497 e. The first-order chi connectivity index (χ1) is 10.8. The van der Waals surface area contributed by atoms with Crippen LogP contribution in [-0.4, -0.2) is 48.2 Å². The second-order valence-electron chi connectivity index (χ2n) is 5.28. The standard InChI is InChI=1S/C16H19FN4O/c1-22-14-3-2-13(15(17)10-14)12-20-6-8-21(9-7-20)16-11-18-4-5-19-16/h2-5,10-11H,6-9,12H2,1H3. The molecule has 0 saturated carbocycles. The van der Waals surface area contributed by atoms with Crippen molar-refractivity contribution in [2.45, 2.75) is 6.54 Å². The van der Waals surface area contributed by atoms with Crippen LogP contribution in [0.2, 0.25) is 0 Å². The lowest BCUT2D eigenvalue weighted by Crippen LogP contribution is -2.46. The van der Waals surface area contributed by atoms with Gasteiger partial charge in [-0.1, -0.05) is 6.07 Å². The van der Waals surface area contributed by atoms with Crippen LogP contribution < -0.4 is 9.64 Å². The van der Waals surface area contributed by atoms with Crippen molar-refractivity contribution in [3.63, 3.8) is 0 Å². The van der Waals surface area contributed by atoms with Gasteiger partial charge in [0.2, 0.25) is 0 Å². The van der Waals surface area contributed by atoms with E-state index in [1.54, 1.807) is 37.8 Å². The topological polar surface area (TPSA) is 41.5 Å². The molecule has 0 amide bonds. The molecule has 116 valence electrons. The molecular weight excluding hydrogens is 283 g/mol. The fourth-order valence-corrected chi connectivity index (χ4v) is 2.61. The molecule has 1 aliphatic rings. The summed E-state index contributed by atoms with van der Waals surface area (Å²) in [6, 6.07) is 5.03. The summed E-state index contributed by atoms with van der Waals surface area (Å²) in [5.74, 6) is 1.24. The predicted molar refractivity (Wildman–Crippen MR) is 82.5 cm³/mol. The molecule has 1 aliphatic heterocycles. The van der Waals surface area contributed by atoms with Gasteiger partial charge in [-0.3, -0.25) is 9.88 Å². The molecule has 22 heavy (non-hydrogen) atoms. The van der Waals surface area contributed by atoms with Crippen molar-refractivity contribution in [3.05, 3.63) is 48.2 Å². The van der Waals surface area contributed by atoms with E-state index in [1.165, 1.54) is 6.07 Å². The molecule has 0 N–H and O–H groups in total. The summed E-state index contributed by atoms with van der Waals surface area (Å²) in [6.07, 6.45) is 5.15. The van der Waals surface area contributed by atoms with Crippen molar-refractivity contribution in [3.8, 4) is 5.75 Å². The number of rotatable bonds is 4. The highest BCUT2D eigenvalue weighted by atomic mass is 19.1. The van der Waals surface area contributed by atoms with Crippen LogP contribution in [0.5, 0.6) is 5.75 Å². The molecule has 6 heteroatoms. The maximum atomic E-state index is 14.0. The number of halogens is 1. The zero-order chi connectivity index (χ0) is 15.4. The Bertz CT molecular complexity index is 615. The summed E-state index contributed by atoms with van der Waals surface area (Å²) < 4.78 is 19.0. The molecule has 1 aromatic carbocycles. The molecule has 3 rings (SSSR count). The monoisotopic (exact) mass is 302 g/mol. The Hall–Kier alpha value is -2.21. The number of benzene rings is 1. The van der Waals surface area contributed by atoms with E-state index in [1.807, 2.05) is 0 Å². The number of nitrogens with zero attached hydrogens (tertiary/aromatic N) is 4. The molecule has 0 bridgehead atoms. The molecule has 1 fully saturated rings. The Morgan fingerprint density at radius 2 is 2.00 bits per heavy atom. The van der Waals surface area contributed by atoms with Crippen LogP contribution >= 0.6 is 0 Å². The van der Waals surface area contributed by atoms with Gasteiger partial charge in [-0.25, -0.2) is 9.37 Å². The fraction of sp³-hybridized carbons (Fsp3) is 0.375. The number of hydrogen-bond donors (Lipinski definition) is 0. The SMILES string of the molecule is COc1ccc(CN2CCN(c3cnccn3)CC2)c(F)c1. The molecule has 0 aliphatic carbocycles. The third-order valence-corrected chi connectivity index (χ3v) is 3.90. The third kappa shape index (κ3) is 3.33. The van der Waals surface area contributed by atoms with Crippen LogP contribution in [0.25, 0.3) is 0 Å². The molecule has 1 aromatic heterocycles. The largest absolute Gasteiger partial charge is 0.497 e. The van der Waals surface area contributed by atoms with Crippen LogP contribution in [0.3, 0.4) is 0 Å². The van der Waals surface area contributed by atoms with E-state index in [0.717, 1.165) is 32.0 Å². The highest BCUT2D eigenvalue weighted by Gasteiger charge is 2.19. The van der Waals surface area contributed by atoms with Gasteiger partial charge in [0.1, 0.15) is 17.4 Å². The lowest BCUT2D eigenvalue weighted by atomic mass is 10.1. The van der Waals surface area contributed by atoms with Gasteiger partial charge in [0, 0.05) is 56.7 Å². The summed E-state index contributed by atoms with van der Waals surface area (Å²) in [6.45, 7) is 4.11. The van der Waals surface area contributed by atoms with Crippen LogP contribution in [0, 0.1) is 5.82 Å². The van der Waals surface area contributed by atoms with Crippen LogP contribution in [0.4, 0.5) is 10.2 Å². The molecule has 0 spiro atoms. The minimum atomic E-state index is -0.212. The average molecular weight is 302 g/mol. The van der Waals surface area contributed by atoms with Gasteiger partial charge < -0.3 is 9.64 Å². The summed E-state index contributed by atoms with van der Waals surface area (Å²) in [4.78, 5) is 12.9. The summed E-state index contributed by atoms with van der Waals surface area (Å²) in [5, 5.41) is 0. The highest BCUT2D eigenvalue weighted by molar-refractivity contribution is 5.35. The predicted octanol–water partition coefficient (Wildman–Crippen LogP) is 1.95. The van der Waals surface area contributed by atoms with E-state index in [4.69, 9.17) is 4.74 Å². The smallest absolute Gasteiger partial charge is 0.147 e. The first kappa shape index (κ1) is 14.7. The second-order valence-corrected chi connectivity index (χ2v) is 5.28. The molecule has 0 atom stereocenters. The lowest BCUT2D eigenvalue weighted by molar-refractivity contribution is 0.246. The molecule has 2 aromatic rings. The van der Waals surface area contributed by atoms with E-state index >= 15 is 0 Å². The maximum Gasteiger partial charge on any atom is 0.147 e.